The van der Waals surface area contributed by atoms with E-state index < -0.39 is 5.60 Å². The lowest BCUT2D eigenvalue weighted by Crippen LogP contribution is -2.28. The standard InChI is InChI=1S/C11H20O3/c1-11(2,3)14-10(12)8-13-7-9-5-4-6-9/h9H,4-8H2,1-3H3. The second-order valence-electron chi connectivity index (χ2n) is 4.90. The largest absolute Gasteiger partial charge is 0.458 e. The van der Waals surface area contributed by atoms with Gasteiger partial charge in [0.25, 0.3) is 0 Å². The van der Waals surface area contributed by atoms with Gasteiger partial charge in [-0.2, -0.15) is 0 Å². The van der Waals surface area contributed by atoms with Gasteiger partial charge in [-0.25, -0.2) is 4.79 Å². The summed E-state index contributed by atoms with van der Waals surface area (Å²) in [6.45, 7) is 6.37. The number of hydrogen-bond acceptors (Lipinski definition) is 3. The second kappa shape index (κ2) is 4.78. The molecule has 0 amide bonds. The van der Waals surface area contributed by atoms with E-state index in [2.05, 4.69) is 0 Å². The van der Waals surface area contributed by atoms with E-state index in [9.17, 15) is 4.79 Å². The molecule has 0 N–H and O–H groups in total. The van der Waals surface area contributed by atoms with Crippen LogP contribution in [0.3, 0.4) is 0 Å². The predicted octanol–water partition coefficient (Wildman–Crippen LogP) is 2.14. The number of rotatable bonds is 4. The first-order valence-electron chi connectivity index (χ1n) is 5.27. The van der Waals surface area contributed by atoms with Crippen molar-refractivity contribution in [2.75, 3.05) is 13.2 Å². The van der Waals surface area contributed by atoms with Crippen molar-refractivity contribution in [1.29, 1.82) is 0 Å². The van der Waals surface area contributed by atoms with Gasteiger partial charge in [-0.05, 0) is 39.5 Å². The third-order valence-electron chi connectivity index (χ3n) is 2.22. The number of carbonyl (C=O) groups excluding carboxylic acids is 1. The van der Waals surface area contributed by atoms with E-state index in [0.717, 1.165) is 0 Å². The minimum atomic E-state index is -0.406. The maximum atomic E-state index is 11.2. The summed E-state index contributed by atoms with van der Waals surface area (Å²) in [6, 6.07) is 0. The monoisotopic (exact) mass is 200 g/mol. The molecule has 14 heavy (non-hydrogen) atoms. The summed E-state index contributed by atoms with van der Waals surface area (Å²) in [4.78, 5) is 11.2. The summed E-state index contributed by atoms with van der Waals surface area (Å²) in [6.07, 6.45) is 3.79. The van der Waals surface area contributed by atoms with E-state index in [4.69, 9.17) is 9.47 Å². The fourth-order valence-corrected chi connectivity index (χ4v) is 1.34. The van der Waals surface area contributed by atoms with Crippen LogP contribution in [0.25, 0.3) is 0 Å². The van der Waals surface area contributed by atoms with Crippen molar-refractivity contribution in [2.45, 2.75) is 45.6 Å². The Bertz CT molecular complexity index is 189. The normalized spacial score (nSPS) is 17.6. The van der Waals surface area contributed by atoms with Crippen LogP contribution in [0.1, 0.15) is 40.0 Å². The highest BCUT2D eigenvalue weighted by Gasteiger charge is 2.19. The van der Waals surface area contributed by atoms with Crippen LogP contribution >= 0.6 is 0 Å². The average Bonchev–Trinajstić information content (AvgIpc) is 1.90. The van der Waals surface area contributed by atoms with E-state index >= 15 is 0 Å². The Hall–Kier alpha value is -0.570. The maximum Gasteiger partial charge on any atom is 0.332 e. The van der Waals surface area contributed by atoms with Gasteiger partial charge in [-0.3, -0.25) is 0 Å². The van der Waals surface area contributed by atoms with Crippen LogP contribution in [-0.4, -0.2) is 24.8 Å². The van der Waals surface area contributed by atoms with Crippen LogP contribution in [0.5, 0.6) is 0 Å². The molecular weight excluding hydrogens is 180 g/mol. The molecule has 1 aliphatic rings. The second-order valence-corrected chi connectivity index (χ2v) is 4.90. The van der Waals surface area contributed by atoms with Crippen molar-refractivity contribution in [2.24, 2.45) is 5.92 Å². The average molecular weight is 200 g/mol. The topological polar surface area (TPSA) is 35.5 Å². The molecule has 0 saturated heterocycles. The number of ether oxygens (including phenoxy) is 2. The minimum Gasteiger partial charge on any atom is -0.458 e. The minimum absolute atomic E-state index is 0.0910. The van der Waals surface area contributed by atoms with E-state index in [-0.39, 0.29) is 12.6 Å². The SMILES string of the molecule is CC(C)(C)OC(=O)COCC1CCC1. The van der Waals surface area contributed by atoms with Gasteiger partial charge >= 0.3 is 5.97 Å². The van der Waals surface area contributed by atoms with Crippen molar-refractivity contribution in [1.82, 2.24) is 0 Å². The highest BCUT2D eigenvalue weighted by atomic mass is 16.6. The first-order valence-corrected chi connectivity index (χ1v) is 5.27. The molecule has 3 nitrogen and oxygen atoms in total. The van der Waals surface area contributed by atoms with Gasteiger partial charge in [-0.1, -0.05) is 6.42 Å². The van der Waals surface area contributed by atoms with Crippen LogP contribution in [-0.2, 0) is 14.3 Å². The van der Waals surface area contributed by atoms with Crippen molar-refractivity contribution < 1.29 is 14.3 Å². The smallest absolute Gasteiger partial charge is 0.332 e. The molecule has 0 spiro atoms. The highest BCUT2D eigenvalue weighted by Crippen LogP contribution is 2.26. The first-order chi connectivity index (χ1) is 6.47. The molecular formula is C11H20O3. The third-order valence-corrected chi connectivity index (χ3v) is 2.22. The third kappa shape index (κ3) is 4.61. The van der Waals surface area contributed by atoms with E-state index in [1.165, 1.54) is 19.3 Å². The molecule has 0 heterocycles. The molecule has 0 bridgehead atoms. The van der Waals surface area contributed by atoms with Crippen molar-refractivity contribution in [3.8, 4) is 0 Å². The fourth-order valence-electron chi connectivity index (χ4n) is 1.34. The molecule has 1 aliphatic carbocycles. The Morgan fingerprint density at radius 3 is 2.43 bits per heavy atom. The molecule has 3 heteroatoms. The highest BCUT2D eigenvalue weighted by molar-refractivity contribution is 5.71. The van der Waals surface area contributed by atoms with Gasteiger partial charge < -0.3 is 9.47 Å². The Labute approximate surface area is 85.8 Å². The van der Waals surface area contributed by atoms with Crippen LogP contribution in [0.2, 0.25) is 0 Å². The van der Waals surface area contributed by atoms with Gasteiger partial charge in [0.05, 0.1) is 6.61 Å². The molecule has 1 fully saturated rings. The van der Waals surface area contributed by atoms with Crippen LogP contribution in [0.15, 0.2) is 0 Å². The Kier molecular flexibility index (Phi) is 3.93. The zero-order valence-corrected chi connectivity index (χ0v) is 9.34. The molecule has 0 unspecified atom stereocenters. The van der Waals surface area contributed by atoms with Crippen molar-refractivity contribution in [3.05, 3.63) is 0 Å². The Morgan fingerprint density at radius 1 is 1.36 bits per heavy atom. The zero-order valence-electron chi connectivity index (χ0n) is 9.34. The summed E-state index contributed by atoms with van der Waals surface area (Å²) >= 11 is 0. The predicted molar refractivity (Wildman–Crippen MR) is 54.0 cm³/mol. The molecule has 0 radical (unpaired) electrons. The molecule has 1 rings (SSSR count). The quantitative estimate of drug-likeness (QED) is 0.652. The summed E-state index contributed by atoms with van der Waals surface area (Å²) in [5.74, 6) is 0.411. The summed E-state index contributed by atoms with van der Waals surface area (Å²) in [7, 11) is 0. The summed E-state index contributed by atoms with van der Waals surface area (Å²) < 4.78 is 10.4. The number of esters is 1. The lowest BCUT2D eigenvalue weighted by molar-refractivity contribution is -0.160. The maximum absolute atomic E-state index is 11.2. The van der Waals surface area contributed by atoms with Gasteiger partial charge in [0.1, 0.15) is 12.2 Å². The molecule has 0 aliphatic heterocycles. The van der Waals surface area contributed by atoms with Crippen molar-refractivity contribution in [3.63, 3.8) is 0 Å². The Balaban J connectivity index is 2.02. The summed E-state index contributed by atoms with van der Waals surface area (Å²) in [5.41, 5.74) is -0.406. The van der Waals surface area contributed by atoms with Crippen molar-refractivity contribution >= 4 is 5.97 Å². The first kappa shape index (κ1) is 11.5. The number of carbonyl (C=O) groups is 1. The fraction of sp³-hybridized carbons (Fsp3) is 0.909. The van der Waals surface area contributed by atoms with Gasteiger partial charge in [0.15, 0.2) is 0 Å². The molecule has 0 aromatic rings. The van der Waals surface area contributed by atoms with E-state index in [0.29, 0.717) is 12.5 Å². The molecule has 0 atom stereocenters. The van der Waals surface area contributed by atoms with Crippen LogP contribution in [0.4, 0.5) is 0 Å². The van der Waals surface area contributed by atoms with E-state index in [1.54, 1.807) is 0 Å². The van der Waals surface area contributed by atoms with Crippen LogP contribution in [0, 0.1) is 5.92 Å². The lowest BCUT2D eigenvalue weighted by atomic mass is 9.86. The van der Waals surface area contributed by atoms with Gasteiger partial charge in [-0.15, -0.1) is 0 Å². The molecule has 0 aromatic heterocycles. The zero-order chi connectivity index (χ0) is 10.6. The van der Waals surface area contributed by atoms with Gasteiger partial charge in [0, 0.05) is 0 Å². The number of hydrogen-bond donors (Lipinski definition) is 0. The molecule has 1 saturated carbocycles. The molecule has 0 aromatic carbocycles. The molecule has 82 valence electrons. The Morgan fingerprint density at radius 2 is 2.00 bits per heavy atom. The van der Waals surface area contributed by atoms with E-state index in [1.807, 2.05) is 20.8 Å². The lowest BCUT2D eigenvalue weighted by Gasteiger charge is -2.25. The van der Waals surface area contributed by atoms with Crippen LogP contribution < -0.4 is 0 Å². The summed E-state index contributed by atoms with van der Waals surface area (Å²) in [5, 5.41) is 0. The van der Waals surface area contributed by atoms with Gasteiger partial charge in [0.2, 0.25) is 0 Å².